The molecule has 0 bridgehead atoms. The number of hydrogen-bond donors (Lipinski definition) is 0. The number of hydrogen-bond acceptors (Lipinski definition) is 2. The normalized spacial score (nSPS) is 10.1. The third-order valence-electron chi connectivity index (χ3n) is 1.48. The zero-order valence-corrected chi connectivity index (χ0v) is 8.34. The molecule has 0 aliphatic carbocycles. The Bertz CT molecular complexity index is 369. The molecule has 0 saturated heterocycles. The molecule has 0 saturated carbocycles. The smallest absolute Gasteiger partial charge is 0.0676 e. The van der Waals surface area contributed by atoms with Gasteiger partial charge in [-0.15, -0.1) is 0 Å². The Labute approximate surface area is 83.6 Å². The lowest BCUT2D eigenvalue weighted by Gasteiger charge is -1.97. The Kier molecular flexibility index (Phi) is 2.07. The third-order valence-corrected chi connectivity index (χ3v) is 2.04. The van der Waals surface area contributed by atoms with Gasteiger partial charge in [0.15, 0.2) is 0 Å². The largest absolute Gasteiger partial charge is 0.265 e. The van der Waals surface area contributed by atoms with E-state index in [2.05, 4.69) is 32.7 Å². The highest BCUT2D eigenvalue weighted by molar-refractivity contribution is 14.1. The van der Waals surface area contributed by atoms with E-state index < -0.39 is 0 Å². The maximum atomic E-state index is 4.17. The van der Waals surface area contributed by atoms with Gasteiger partial charge in [-0.1, -0.05) is 0 Å². The summed E-state index contributed by atoms with van der Waals surface area (Å²) in [6, 6.07) is 3.84. The molecular formula is C8H6IN3. The highest BCUT2D eigenvalue weighted by atomic mass is 127. The van der Waals surface area contributed by atoms with Gasteiger partial charge in [0.25, 0.3) is 0 Å². The van der Waals surface area contributed by atoms with Gasteiger partial charge < -0.3 is 0 Å². The number of pyridine rings is 1. The van der Waals surface area contributed by atoms with E-state index in [0.29, 0.717) is 0 Å². The Morgan fingerprint density at radius 2 is 2.00 bits per heavy atom. The van der Waals surface area contributed by atoms with Crippen LogP contribution >= 0.6 is 22.6 Å². The SMILES string of the molecule is Ic1cnn(-c2ccncc2)c1. The molecule has 60 valence electrons. The molecule has 2 rings (SSSR count). The van der Waals surface area contributed by atoms with Gasteiger partial charge in [0.05, 0.1) is 15.5 Å². The lowest BCUT2D eigenvalue weighted by Crippen LogP contribution is -1.93. The Morgan fingerprint density at radius 3 is 2.58 bits per heavy atom. The van der Waals surface area contributed by atoms with E-state index in [0.717, 1.165) is 9.26 Å². The number of halogens is 1. The molecule has 2 heterocycles. The lowest BCUT2D eigenvalue weighted by molar-refractivity contribution is 0.877. The molecule has 0 aliphatic rings. The van der Waals surface area contributed by atoms with Crippen molar-refractivity contribution in [1.29, 1.82) is 0 Å². The fourth-order valence-electron chi connectivity index (χ4n) is 0.939. The summed E-state index contributed by atoms with van der Waals surface area (Å²) in [6.07, 6.45) is 7.30. The van der Waals surface area contributed by atoms with Crippen LogP contribution in [0.1, 0.15) is 0 Å². The summed E-state index contributed by atoms with van der Waals surface area (Å²) in [6.45, 7) is 0. The minimum atomic E-state index is 1.04. The van der Waals surface area contributed by atoms with Gasteiger partial charge in [0.1, 0.15) is 0 Å². The maximum Gasteiger partial charge on any atom is 0.0676 e. The molecule has 2 aromatic rings. The fourth-order valence-corrected chi connectivity index (χ4v) is 1.33. The second-order valence-corrected chi connectivity index (χ2v) is 3.55. The molecule has 0 unspecified atom stereocenters. The molecule has 0 aromatic carbocycles. The van der Waals surface area contributed by atoms with E-state index >= 15 is 0 Å². The van der Waals surface area contributed by atoms with E-state index in [4.69, 9.17) is 0 Å². The summed E-state index contributed by atoms with van der Waals surface area (Å²) in [7, 11) is 0. The molecule has 0 atom stereocenters. The summed E-state index contributed by atoms with van der Waals surface area (Å²) < 4.78 is 2.95. The van der Waals surface area contributed by atoms with Crippen LogP contribution in [0, 0.1) is 3.57 Å². The summed E-state index contributed by atoms with van der Waals surface area (Å²) in [5.74, 6) is 0. The molecule has 4 heteroatoms. The summed E-state index contributed by atoms with van der Waals surface area (Å²) in [5, 5.41) is 4.17. The van der Waals surface area contributed by atoms with E-state index in [1.807, 2.05) is 29.2 Å². The molecule has 0 aliphatic heterocycles. The van der Waals surface area contributed by atoms with Gasteiger partial charge >= 0.3 is 0 Å². The van der Waals surface area contributed by atoms with Crippen LogP contribution in [0.25, 0.3) is 5.69 Å². The first-order valence-electron chi connectivity index (χ1n) is 3.47. The average Bonchev–Trinajstić information content (AvgIpc) is 2.54. The van der Waals surface area contributed by atoms with Crippen molar-refractivity contribution in [2.45, 2.75) is 0 Å². The molecule has 0 radical (unpaired) electrons. The second-order valence-electron chi connectivity index (χ2n) is 2.31. The zero-order chi connectivity index (χ0) is 8.39. The molecule has 2 aromatic heterocycles. The first-order valence-corrected chi connectivity index (χ1v) is 4.55. The van der Waals surface area contributed by atoms with Gasteiger partial charge in [0, 0.05) is 18.6 Å². The lowest BCUT2D eigenvalue weighted by atomic mass is 10.4. The summed E-state index contributed by atoms with van der Waals surface area (Å²) in [5.41, 5.74) is 1.04. The Morgan fingerprint density at radius 1 is 1.25 bits per heavy atom. The predicted octanol–water partition coefficient (Wildman–Crippen LogP) is 1.87. The average molecular weight is 271 g/mol. The highest BCUT2D eigenvalue weighted by Crippen LogP contribution is 2.07. The Hall–Kier alpha value is -0.910. The van der Waals surface area contributed by atoms with Crippen LogP contribution in [0.3, 0.4) is 0 Å². The van der Waals surface area contributed by atoms with Gasteiger partial charge in [-0.3, -0.25) is 4.98 Å². The third kappa shape index (κ3) is 1.47. The Balaban J connectivity index is 2.45. The van der Waals surface area contributed by atoms with Crippen molar-refractivity contribution in [2.24, 2.45) is 0 Å². The minimum Gasteiger partial charge on any atom is -0.265 e. The molecule has 0 fully saturated rings. The van der Waals surface area contributed by atoms with Gasteiger partial charge in [-0.2, -0.15) is 5.10 Å². The first-order chi connectivity index (χ1) is 5.86. The number of nitrogens with zero attached hydrogens (tertiary/aromatic N) is 3. The molecule has 0 spiro atoms. The van der Waals surface area contributed by atoms with Gasteiger partial charge in [-0.25, -0.2) is 4.68 Å². The van der Waals surface area contributed by atoms with Crippen molar-refractivity contribution in [1.82, 2.24) is 14.8 Å². The fraction of sp³-hybridized carbons (Fsp3) is 0. The molecular weight excluding hydrogens is 265 g/mol. The molecule has 3 nitrogen and oxygen atoms in total. The van der Waals surface area contributed by atoms with Crippen molar-refractivity contribution in [2.75, 3.05) is 0 Å². The van der Waals surface area contributed by atoms with E-state index in [9.17, 15) is 0 Å². The van der Waals surface area contributed by atoms with Crippen LogP contribution in [0.5, 0.6) is 0 Å². The van der Waals surface area contributed by atoms with Gasteiger partial charge in [0.2, 0.25) is 0 Å². The van der Waals surface area contributed by atoms with Crippen molar-refractivity contribution in [3.05, 3.63) is 40.5 Å². The monoisotopic (exact) mass is 271 g/mol. The topological polar surface area (TPSA) is 30.7 Å². The van der Waals surface area contributed by atoms with Crippen molar-refractivity contribution >= 4 is 22.6 Å². The van der Waals surface area contributed by atoms with Crippen LogP contribution in [-0.2, 0) is 0 Å². The first kappa shape index (κ1) is 7.72. The predicted molar refractivity (Wildman–Crippen MR) is 54.1 cm³/mol. The number of aromatic nitrogens is 3. The standard InChI is InChI=1S/C8H6IN3/c9-7-5-11-12(6-7)8-1-3-10-4-2-8/h1-6H. The number of rotatable bonds is 1. The van der Waals surface area contributed by atoms with Crippen molar-refractivity contribution in [3.8, 4) is 5.69 Å². The van der Waals surface area contributed by atoms with E-state index in [-0.39, 0.29) is 0 Å². The minimum absolute atomic E-state index is 1.04. The van der Waals surface area contributed by atoms with Crippen LogP contribution in [0.2, 0.25) is 0 Å². The zero-order valence-electron chi connectivity index (χ0n) is 6.18. The van der Waals surface area contributed by atoms with Crippen molar-refractivity contribution < 1.29 is 0 Å². The second kappa shape index (κ2) is 3.22. The quantitative estimate of drug-likeness (QED) is 0.741. The summed E-state index contributed by atoms with van der Waals surface area (Å²) in [4.78, 5) is 3.93. The van der Waals surface area contributed by atoms with Gasteiger partial charge in [-0.05, 0) is 34.7 Å². The molecule has 12 heavy (non-hydrogen) atoms. The summed E-state index contributed by atoms with van der Waals surface area (Å²) >= 11 is 2.23. The van der Waals surface area contributed by atoms with E-state index in [1.165, 1.54) is 0 Å². The van der Waals surface area contributed by atoms with Crippen LogP contribution in [-0.4, -0.2) is 14.8 Å². The highest BCUT2D eigenvalue weighted by Gasteiger charge is 1.95. The molecule has 0 N–H and O–H groups in total. The molecule has 0 amide bonds. The van der Waals surface area contributed by atoms with Crippen LogP contribution in [0.15, 0.2) is 36.9 Å². The maximum absolute atomic E-state index is 4.17. The van der Waals surface area contributed by atoms with Crippen LogP contribution < -0.4 is 0 Å². The van der Waals surface area contributed by atoms with Crippen LogP contribution in [0.4, 0.5) is 0 Å². The van der Waals surface area contributed by atoms with Crippen molar-refractivity contribution in [3.63, 3.8) is 0 Å². The van der Waals surface area contributed by atoms with E-state index in [1.54, 1.807) is 12.4 Å².